The van der Waals surface area contributed by atoms with E-state index in [4.69, 9.17) is 40.2 Å². The van der Waals surface area contributed by atoms with Gasteiger partial charge in [-0.25, -0.2) is 0 Å². The van der Waals surface area contributed by atoms with E-state index in [-0.39, 0.29) is 6.10 Å². The molecule has 19 heavy (non-hydrogen) atoms. The normalized spacial score (nSPS) is 10.8. The second kappa shape index (κ2) is 7.53. The lowest BCUT2D eigenvalue weighted by Gasteiger charge is -2.13. The first kappa shape index (κ1) is 16.0. The molecule has 104 valence electrons. The van der Waals surface area contributed by atoms with Gasteiger partial charge in [0.25, 0.3) is 0 Å². The number of rotatable bonds is 4. The summed E-state index contributed by atoms with van der Waals surface area (Å²) in [7, 11) is 1.70. The maximum Gasteiger partial charge on any atom is 0.186 e. The number of nitrogens with zero attached hydrogens (tertiary/aromatic N) is 1. The van der Waals surface area contributed by atoms with Crippen molar-refractivity contribution in [2.75, 3.05) is 7.05 Å². The SMILES string of the molecule is CNC(=S)N/N=C/c1cc(Cl)c(OC(C)C)c(Cl)c1. The topological polar surface area (TPSA) is 45.7 Å². The summed E-state index contributed by atoms with van der Waals surface area (Å²) in [5.41, 5.74) is 3.39. The van der Waals surface area contributed by atoms with Crippen molar-refractivity contribution < 1.29 is 4.74 Å². The van der Waals surface area contributed by atoms with E-state index < -0.39 is 0 Å². The molecule has 0 spiro atoms. The predicted octanol–water partition coefficient (Wildman–Crippen LogP) is 3.21. The molecule has 0 unspecified atom stereocenters. The zero-order valence-corrected chi connectivity index (χ0v) is 13.2. The molecule has 0 saturated carbocycles. The van der Waals surface area contributed by atoms with Crippen LogP contribution in [-0.4, -0.2) is 24.5 Å². The lowest BCUT2D eigenvalue weighted by atomic mass is 10.2. The first-order valence-corrected chi connectivity index (χ1v) is 6.77. The second-order valence-corrected chi connectivity index (χ2v) is 5.15. The molecular weight excluding hydrogens is 305 g/mol. The van der Waals surface area contributed by atoms with Crippen LogP contribution in [0.5, 0.6) is 5.75 Å². The van der Waals surface area contributed by atoms with Gasteiger partial charge in [-0.15, -0.1) is 0 Å². The molecular formula is C12H15Cl2N3OS. The predicted molar refractivity (Wildman–Crippen MR) is 84.6 cm³/mol. The van der Waals surface area contributed by atoms with Gasteiger partial charge >= 0.3 is 0 Å². The zero-order valence-electron chi connectivity index (χ0n) is 10.8. The van der Waals surface area contributed by atoms with Crippen LogP contribution >= 0.6 is 35.4 Å². The maximum absolute atomic E-state index is 6.12. The Kier molecular flexibility index (Phi) is 6.34. The summed E-state index contributed by atoms with van der Waals surface area (Å²) in [6.07, 6.45) is 1.57. The average Bonchev–Trinajstić information content (AvgIpc) is 2.33. The highest BCUT2D eigenvalue weighted by Crippen LogP contribution is 2.34. The number of halogens is 2. The molecule has 0 heterocycles. The lowest BCUT2D eigenvalue weighted by Crippen LogP contribution is -2.28. The molecule has 0 aliphatic heterocycles. The number of hydrogen-bond acceptors (Lipinski definition) is 3. The molecule has 0 atom stereocenters. The van der Waals surface area contributed by atoms with Crippen LogP contribution in [0, 0.1) is 0 Å². The largest absolute Gasteiger partial charge is 0.488 e. The van der Waals surface area contributed by atoms with E-state index in [2.05, 4.69) is 15.8 Å². The molecule has 1 aromatic rings. The lowest BCUT2D eigenvalue weighted by molar-refractivity contribution is 0.243. The Morgan fingerprint density at radius 3 is 2.42 bits per heavy atom. The van der Waals surface area contributed by atoms with E-state index in [1.807, 2.05) is 13.8 Å². The summed E-state index contributed by atoms with van der Waals surface area (Å²) >= 11 is 17.1. The Morgan fingerprint density at radius 2 is 1.95 bits per heavy atom. The number of nitrogens with one attached hydrogen (secondary N) is 2. The number of ether oxygens (including phenoxy) is 1. The molecule has 1 rings (SSSR count). The van der Waals surface area contributed by atoms with Gasteiger partial charge in [-0.05, 0) is 43.8 Å². The highest BCUT2D eigenvalue weighted by atomic mass is 35.5. The number of hydrogen-bond donors (Lipinski definition) is 2. The minimum absolute atomic E-state index is 0.00388. The van der Waals surface area contributed by atoms with E-state index >= 15 is 0 Å². The van der Waals surface area contributed by atoms with Crippen LogP contribution in [0.3, 0.4) is 0 Å². The van der Waals surface area contributed by atoms with Crippen molar-refractivity contribution in [3.8, 4) is 5.75 Å². The van der Waals surface area contributed by atoms with Gasteiger partial charge in [0.15, 0.2) is 10.9 Å². The summed E-state index contributed by atoms with van der Waals surface area (Å²) in [5.74, 6) is 0.481. The van der Waals surface area contributed by atoms with Crippen molar-refractivity contribution in [1.82, 2.24) is 10.7 Å². The molecule has 2 N–H and O–H groups in total. The number of hydrazone groups is 1. The maximum atomic E-state index is 6.12. The van der Waals surface area contributed by atoms with Crippen molar-refractivity contribution >= 4 is 46.7 Å². The summed E-state index contributed by atoms with van der Waals surface area (Å²) in [5, 5.41) is 8.00. The van der Waals surface area contributed by atoms with Crippen LogP contribution in [0.4, 0.5) is 0 Å². The Morgan fingerprint density at radius 1 is 1.37 bits per heavy atom. The van der Waals surface area contributed by atoms with Crippen LogP contribution in [0.2, 0.25) is 10.0 Å². The van der Waals surface area contributed by atoms with Gasteiger partial charge in [-0.2, -0.15) is 5.10 Å². The third kappa shape index (κ3) is 5.22. The monoisotopic (exact) mass is 319 g/mol. The molecule has 0 amide bonds. The van der Waals surface area contributed by atoms with Gasteiger partial charge in [0, 0.05) is 7.05 Å². The molecule has 0 aliphatic rings. The van der Waals surface area contributed by atoms with Gasteiger partial charge in [-0.1, -0.05) is 23.2 Å². The van der Waals surface area contributed by atoms with E-state index in [9.17, 15) is 0 Å². The molecule has 0 fully saturated rings. The van der Waals surface area contributed by atoms with E-state index in [1.54, 1.807) is 25.4 Å². The Bertz CT molecular complexity index is 469. The molecule has 7 heteroatoms. The highest BCUT2D eigenvalue weighted by Gasteiger charge is 2.10. The Hall–Kier alpha value is -1.04. The average molecular weight is 320 g/mol. The third-order valence-corrected chi connectivity index (χ3v) is 2.84. The molecule has 4 nitrogen and oxygen atoms in total. The van der Waals surface area contributed by atoms with Crippen LogP contribution < -0.4 is 15.5 Å². The fourth-order valence-corrected chi connectivity index (χ4v) is 1.87. The molecule has 1 aromatic carbocycles. The first-order chi connectivity index (χ1) is 8.93. The second-order valence-electron chi connectivity index (χ2n) is 3.93. The standard InChI is InChI=1S/C12H15Cl2N3OS/c1-7(2)18-11-9(13)4-8(5-10(11)14)6-16-17-12(19)15-3/h4-7H,1-3H3,(H2,15,17,19)/b16-6+. The molecule has 0 radical (unpaired) electrons. The van der Waals surface area contributed by atoms with Gasteiger partial charge in [0.1, 0.15) is 0 Å². The zero-order chi connectivity index (χ0) is 14.4. The summed E-state index contributed by atoms with van der Waals surface area (Å²) in [4.78, 5) is 0. The van der Waals surface area contributed by atoms with Crippen molar-refractivity contribution in [1.29, 1.82) is 0 Å². The molecule has 0 bridgehead atoms. The van der Waals surface area contributed by atoms with Crippen molar-refractivity contribution in [3.05, 3.63) is 27.7 Å². The summed E-state index contributed by atoms with van der Waals surface area (Å²) in [6.45, 7) is 3.81. The van der Waals surface area contributed by atoms with Gasteiger partial charge < -0.3 is 10.1 Å². The summed E-state index contributed by atoms with van der Waals surface area (Å²) < 4.78 is 5.54. The third-order valence-electron chi connectivity index (χ3n) is 1.98. The van der Waals surface area contributed by atoms with Crippen molar-refractivity contribution in [2.24, 2.45) is 5.10 Å². The van der Waals surface area contributed by atoms with E-state index in [0.717, 1.165) is 5.56 Å². The minimum atomic E-state index is 0.00388. The molecule has 0 aromatic heterocycles. The fraction of sp³-hybridized carbons (Fsp3) is 0.333. The van der Waals surface area contributed by atoms with Gasteiger partial charge in [0.05, 0.1) is 22.4 Å². The Labute approximate surface area is 128 Å². The van der Waals surface area contributed by atoms with Crippen molar-refractivity contribution in [3.63, 3.8) is 0 Å². The minimum Gasteiger partial charge on any atom is -0.488 e. The van der Waals surface area contributed by atoms with Crippen molar-refractivity contribution in [2.45, 2.75) is 20.0 Å². The highest BCUT2D eigenvalue weighted by molar-refractivity contribution is 7.80. The number of benzene rings is 1. The van der Waals surface area contributed by atoms with E-state index in [0.29, 0.717) is 20.9 Å². The summed E-state index contributed by atoms with van der Waals surface area (Å²) in [6, 6.07) is 3.44. The fourth-order valence-electron chi connectivity index (χ4n) is 1.22. The van der Waals surface area contributed by atoms with Crippen LogP contribution in [-0.2, 0) is 0 Å². The van der Waals surface area contributed by atoms with Crippen LogP contribution in [0.15, 0.2) is 17.2 Å². The van der Waals surface area contributed by atoms with Crippen LogP contribution in [0.25, 0.3) is 0 Å². The number of thiocarbonyl (C=S) groups is 1. The molecule has 0 aliphatic carbocycles. The van der Waals surface area contributed by atoms with E-state index in [1.165, 1.54) is 0 Å². The quantitative estimate of drug-likeness (QED) is 0.508. The first-order valence-electron chi connectivity index (χ1n) is 5.60. The van der Waals surface area contributed by atoms with Gasteiger partial charge in [-0.3, -0.25) is 5.43 Å². The van der Waals surface area contributed by atoms with Crippen LogP contribution in [0.1, 0.15) is 19.4 Å². The smallest absolute Gasteiger partial charge is 0.186 e. The Balaban J connectivity index is 2.85. The van der Waals surface area contributed by atoms with Gasteiger partial charge in [0.2, 0.25) is 0 Å². The molecule has 0 saturated heterocycles.